The zero-order chi connectivity index (χ0) is 23.7. The molecule has 1 unspecified atom stereocenters. The molecule has 172 valence electrons. The van der Waals surface area contributed by atoms with Gasteiger partial charge in [-0.05, 0) is 72.1 Å². The van der Waals surface area contributed by atoms with Crippen molar-refractivity contribution in [3.8, 4) is 5.75 Å². The minimum absolute atomic E-state index is 0.0188. The Balaban J connectivity index is 1.46. The SMILES string of the molecule is Cc1cc(Br)c(NC(=O)CSc2nnc(C(C)N3C(=O)COc4ccccc43)n2C)cc1C. The molecule has 10 heteroatoms. The van der Waals surface area contributed by atoms with Crippen LogP contribution < -0.4 is 15.0 Å². The van der Waals surface area contributed by atoms with Gasteiger partial charge in [-0.1, -0.05) is 23.9 Å². The van der Waals surface area contributed by atoms with E-state index in [1.807, 2.05) is 68.8 Å². The highest BCUT2D eigenvalue weighted by Crippen LogP contribution is 2.37. The Morgan fingerprint density at radius 1 is 1.24 bits per heavy atom. The van der Waals surface area contributed by atoms with E-state index in [-0.39, 0.29) is 30.2 Å². The molecule has 4 rings (SSSR count). The van der Waals surface area contributed by atoms with E-state index < -0.39 is 0 Å². The number of aromatic nitrogens is 3. The first-order chi connectivity index (χ1) is 15.8. The van der Waals surface area contributed by atoms with Crippen molar-refractivity contribution in [1.29, 1.82) is 0 Å². The quantitative estimate of drug-likeness (QED) is 0.475. The number of thioether (sulfide) groups is 1. The number of aryl methyl sites for hydroxylation is 2. The number of halogens is 1. The van der Waals surface area contributed by atoms with Crippen LogP contribution in [-0.4, -0.2) is 38.9 Å². The first-order valence-electron chi connectivity index (χ1n) is 10.4. The highest BCUT2D eigenvalue weighted by Gasteiger charge is 2.32. The molecule has 0 radical (unpaired) electrons. The average Bonchev–Trinajstić information content (AvgIpc) is 3.16. The number of para-hydroxylation sites is 2. The van der Waals surface area contributed by atoms with E-state index >= 15 is 0 Å². The number of nitrogens with one attached hydrogen (secondary N) is 1. The molecule has 0 saturated heterocycles. The predicted octanol–water partition coefficient (Wildman–Crippen LogP) is 4.41. The van der Waals surface area contributed by atoms with E-state index in [1.54, 1.807) is 4.90 Å². The van der Waals surface area contributed by atoms with Gasteiger partial charge in [0.15, 0.2) is 17.6 Å². The van der Waals surface area contributed by atoms with Crippen LogP contribution in [0.1, 0.15) is 29.9 Å². The zero-order valence-electron chi connectivity index (χ0n) is 18.8. The summed E-state index contributed by atoms with van der Waals surface area (Å²) in [6.45, 7) is 5.92. The fourth-order valence-electron chi connectivity index (χ4n) is 3.67. The van der Waals surface area contributed by atoms with E-state index in [2.05, 4.69) is 31.4 Å². The fraction of sp³-hybridized carbons (Fsp3) is 0.304. The maximum Gasteiger partial charge on any atom is 0.265 e. The standard InChI is InChI=1S/C23H24BrN5O3S/c1-13-9-16(24)17(10-14(13)2)25-20(30)12-33-23-27-26-22(28(23)4)15(3)29-18-7-5-6-8-19(18)32-11-21(29)31/h5-10,15H,11-12H2,1-4H3,(H,25,30). The molecule has 2 aromatic carbocycles. The molecule has 3 aromatic rings. The van der Waals surface area contributed by atoms with E-state index in [0.29, 0.717) is 22.4 Å². The molecular weight excluding hydrogens is 506 g/mol. The van der Waals surface area contributed by atoms with E-state index in [4.69, 9.17) is 4.74 Å². The van der Waals surface area contributed by atoms with Gasteiger partial charge in [0.1, 0.15) is 5.75 Å². The van der Waals surface area contributed by atoms with Gasteiger partial charge in [-0.15, -0.1) is 10.2 Å². The Hall–Kier alpha value is -2.85. The second-order valence-electron chi connectivity index (χ2n) is 7.85. The summed E-state index contributed by atoms with van der Waals surface area (Å²) in [6.07, 6.45) is 0. The second kappa shape index (κ2) is 9.56. The number of hydrogen-bond acceptors (Lipinski definition) is 6. The van der Waals surface area contributed by atoms with Crippen molar-refractivity contribution in [3.63, 3.8) is 0 Å². The number of anilines is 2. The van der Waals surface area contributed by atoms with Gasteiger partial charge in [-0.25, -0.2) is 0 Å². The van der Waals surface area contributed by atoms with E-state index in [9.17, 15) is 9.59 Å². The van der Waals surface area contributed by atoms with Crippen LogP contribution >= 0.6 is 27.7 Å². The largest absolute Gasteiger partial charge is 0.482 e. The minimum atomic E-state index is -0.352. The molecule has 2 amide bonds. The third-order valence-corrected chi connectivity index (χ3v) is 7.24. The fourth-order valence-corrected chi connectivity index (χ4v) is 4.95. The Morgan fingerprint density at radius 2 is 1.97 bits per heavy atom. The Bertz CT molecular complexity index is 1230. The third-order valence-electron chi connectivity index (χ3n) is 5.56. The zero-order valence-corrected chi connectivity index (χ0v) is 21.2. The van der Waals surface area contributed by atoms with Crippen LogP contribution in [-0.2, 0) is 16.6 Å². The molecule has 1 aliphatic heterocycles. The lowest BCUT2D eigenvalue weighted by molar-refractivity contribution is -0.121. The van der Waals surface area contributed by atoms with Crippen LogP contribution in [0.4, 0.5) is 11.4 Å². The number of fused-ring (bicyclic) bond motifs is 1. The summed E-state index contributed by atoms with van der Waals surface area (Å²) in [5, 5.41) is 12.1. The van der Waals surface area contributed by atoms with Crippen LogP contribution in [0.5, 0.6) is 5.75 Å². The maximum absolute atomic E-state index is 12.6. The predicted molar refractivity (Wildman–Crippen MR) is 132 cm³/mol. The number of carbonyl (C=O) groups excluding carboxylic acids is 2. The number of hydrogen-bond donors (Lipinski definition) is 1. The molecule has 0 bridgehead atoms. The van der Waals surface area contributed by atoms with Crippen LogP contribution in [0.3, 0.4) is 0 Å². The topological polar surface area (TPSA) is 89.3 Å². The van der Waals surface area contributed by atoms with Crippen LogP contribution in [0.25, 0.3) is 0 Å². The molecule has 1 atom stereocenters. The summed E-state index contributed by atoms with van der Waals surface area (Å²) in [5.41, 5.74) is 3.70. The summed E-state index contributed by atoms with van der Waals surface area (Å²) in [7, 11) is 1.84. The molecule has 2 heterocycles. The van der Waals surface area contributed by atoms with Crippen molar-refractivity contribution in [1.82, 2.24) is 14.8 Å². The molecular formula is C23H24BrN5O3S. The van der Waals surface area contributed by atoms with E-state index in [1.165, 1.54) is 11.8 Å². The highest BCUT2D eigenvalue weighted by atomic mass is 79.9. The van der Waals surface area contributed by atoms with Crippen molar-refractivity contribution < 1.29 is 14.3 Å². The number of amides is 2. The van der Waals surface area contributed by atoms with Crippen molar-refractivity contribution in [2.75, 3.05) is 22.6 Å². The van der Waals surface area contributed by atoms with Gasteiger partial charge < -0.3 is 14.6 Å². The molecule has 0 spiro atoms. The molecule has 33 heavy (non-hydrogen) atoms. The number of carbonyl (C=O) groups is 2. The second-order valence-corrected chi connectivity index (χ2v) is 9.65. The van der Waals surface area contributed by atoms with Crippen molar-refractivity contribution in [2.24, 2.45) is 7.05 Å². The van der Waals surface area contributed by atoms with E-state index in [0.717, 1.165) is 21.3 Å². The monoisotopic (exact) mass is 529 g/mol. The van der Waals surface area contributed by atoms with Crippen molar-refractivity contribution in [2.45, 2.75) is 32.0 Å². The molecule has 1 aliphatic rings. The van der Waals surface area contributed by atoms with Gasteiger partial charge in [0.25, 0.3) is 5.91 Å². The summed E-state index contributed by atoms with van der Waals surface area (Å²) in [4.78, 5) is 26.9. The lowest BCUT2D eigenvalue weighted by Gasteiger charge is -2.33. The summed E-state index contributed by atoms with van der Waals surface area (Å²) >= 11 is 4.79. The normalized spacial score (nSPS) is 14.0. The molecule has 0 fully saturated rings. The molecule has 1 N–H and O–H groups in total. The lowest BCUT2D eigenvalue weighted by atomic mass is 10.1. The van der Waals surface area contributed by atoms with Gasteiger partial charge in [0.05, 0.1) is 23.2 Å². The van der Waals surface area contributed by atoms with Gasteiger partial charge in [-0.3, -0.25) is 14.5 Å². The number of rotatable bonds is 6. The number of nitrogens with zero attached hydrogens (tertiary/aromatic N) is 4. The maximum atomic E-state index is 12.6. The first-order valence-corrected chi connectivity index (χ1v) is 12.2. The Morgan fingerprint density at radius 3 is 2.76 bits per heavy atom. The first kappa shape index (κ1) is 23.3. The average molecular weight is 530 g/mol. The van der Waals surface area contributed by atoms with Crippen LogP contribution in [0, 0.1) is 13.8 Å². The van der Waals surface area contributed by atoms with Gasteiger partial charge in [-0.2, -0.15) is 0 Å². The third kappa shape index (κ3) is 4.77. The smallest absolute Gasteiger partial charge is 0.265 e. The van der Waals surface area contributed by atoms with Crippen LogP contribution in [0.2, 0.25) is 0 Å². The van der Waals surface area contributed by atoms with Crippen LogP contribution in [0.15, 0.2) is 46.0 Å². The highest BCUT2D eigenvalue weighted by molar-refractivity contribution is 9.10. The molecule has 1 aromatic heterocycles. The van der Waals surface area contributed by atoms with Gasteiger partial charge in [0, 0.05) is 11.5 Å². The number of benzene rings is 2. The lowest BCUT2D eigenvalue weighted by Crippen LogP contribution is -2.41. The summed E-state index contributed by atoms with van der Waals surface area (Å²) in [6, 6.07) is 11.0. The molecule has 8 nitrogen and oxygen atoms in total. The minimum Gasteiger partial charge on any atom is -0.482 e. The van der Waals surface area contributed by atoms with Gasteiger partial charge in [0.2, 0.25) is 5.91 Å². The summed E-state index contributed by atoms with van der Waals surface area (Å²) < 4.78 is 8.20. The molecule has 0 saturated carbocycles. The number of ether oxygens (including phenoxy) is 1. The molecule has 0 aliphatic carbocycles. The Labute approximate surface area is 204 Å². The van der Waals surface area contributed by atoms with Crippen molar-refractivity contribution >= 4 is 50.9 Å². The van der Waals surface area contributed by atoms with Gasteiger partial charge >= 0.3 is 0 Å². The summed E-state index contributed by atoms with van der Waals surface area (Å²) in [5.74, 6) is 1.18. The Kier molecular flexibility index (Phi) is 6.76. The van der Waals surface area contributed by atoms with Crippen molar-refractivity contribution in [3.05, 3.63) is 57.8 Å².